The van der Waals surface area contributed by atoms with E-state index in [0.29, 0.717) is 16.3 Å². The van der Waals surface area contributed by atoms with Crippen LogP contribution in [0.5, 0.6) is 5.75 Å². The van der Waals surface area contributed by atoms with Crippen molar-refractivity contribution in [1.29, 1.82) is 0 Å². The average Bonchev–Trinajstić information content (AvgIpc) is 2.64. The predicted octanol–water partition coefficient (Wildman–Crippen LogP) is 1.55. The Morgan fingerprint density at radius 2 is 1.77 bits per heavy atom. The van der Waals surface area contributed by atoms with Crippen LogP contribution in [0.1, 0.15) is 20.7 Å². The average molecular weight is 378 g/mol. The lowest BCUT2D eigenvalue weighted by Gasteiger charge is -2.09. The Labute approximate surface area is 154 Å². The number of rotatable bonds is 5. The SMILES string of the molecule is COc1ccc(C(=O)NNC(=O)COC(=O)c2ccc(Cl)cc2N)cc1. The molecule has 0 aromatic heterocycles. The summed E-state index contributed by atoms with van der Waals surface area (Å²) in [6.07, 6.45) is 0. The fourth-order valence-electron chi connectivity index (χ4n) is 1.91. The Kier molecular flexibility index (Phi) is 6.40. The summed E-state index contributed by atoms with van der Waals surface area (Å²) in [4.78, 5) is 35.4. The van der Waals surface area contributed by atoms with Crippen molar-refractivity contribution >= 4 is 35.1 Å². The van der Waals surface area contributed by atoms with E-state index in [1.807, 2.05) is 0 Å². The number of nitrogen functional groups attached to an aromatic ring is 1. The van der Waals surface area contributed by atoms with E-state index < -0.39 is 24.4 Å². The van der Waals surface area contributed by atoms with E-state index in [1.54, 1.807) is 12.1 Å². The number of amides is 2. The molecule has 0 spiro atoms. The van der Waals surface area contributed by atoms with Crippen LogP contribution in [0.3, 0.4) is 0 Å². The fourth-order valence-corrected chi connectivity index (χ4v) is 2.09. The van der Waals surface area contributed by atoms with Gasteiger partial charge in [-0.2, -0.15) is 0 Å². The summed E-state index contributed by atoms with van der Waals surface area (Å²) < 4.78 is 9.82. The van der Waals surface area contributed by atoms with E-state index in [4.69, 9.17) is 26.8 Å². The second-order valence-electron chi connectivity index (χ2n) is 5.04. The van der Waals surface area contributed by atoms with Gasteiger partial charge in [0, 0.05) is 16.3 Å². The first-order valence-corrected chi connectivity index (χ1v) is 7.74. The van der Waals surface area contributed by atoms with Crippen LogP contribution in [0.25, 0.3) is 0 Å². The van der Waals surface area contributed by atoms with Crippen molar-refractivity contribution in [3.05, 3.63) is 58.6 Å². The van der Waals surface area contributed by atoms with E-state index >= 15 is 0 Å². The molecule has 0 fully saturated rings. The molecule has 26 heavy (non-hydrogen) atoms. The molecule has 0 saturated heterocycles. The number of hydrazine groups is 1. The first-order chi connectivity index (χ1) is 12.4. The van der Waals surface area contributed by atoms with Crippen molar-refractivity contribution < 1.29 is 23.9 Å². The third-order valence-electron chi connectivity index (χ3n) is 3.24. The molecule has 0 saturated carbocycles. The van der Waals surface area contributed by atoms with E-state index in [9.17, 15) is 14.4 Å². The zero-order chi connectivity index (χ0) is 19.1. The monoisotopic (exact) mass is 377 g/mol. The number of carbonyl (C=O) groups excluding carboxylic acids is 3. The molecule has 2 rings (SSSR count). The molecular weight excluding hydrogens is 362 g/mol. The third-order valence-corrected chi connectivity index (χ3v) is 3.47. The third kappa shape index (κ3) is 5.12. The predicted molar refractivity (Wildman–Crippen MR) is 94.7 cm³/mol. The molecule has 2 amide bonds. The maximum Gasteiger partial charge on any atom is 0.340 e. The molecule has 0 aliphatic carbocycles. The number of hydrogen-bond acceptors (Lipinski definition) is 6. The summed E-state index contributed by atoms with van der Waals surface area (Å²) in [5, 5.41) is 0.373. The molecule has 0 heterocycles. The maximum atomic E-state index is 11.9. The van der Waals surface area contributed by atoms with Gasteiger partial charge < -0.3 is 15.2 Å². The largest absolute Gasteiger partial charge is 0.497 e. The van der Waals surface area contributed by atoms with Crippen molar-refractivity contribution in [2.45, 2.75) is 0 Å². The molecule has 2 aromatic carbocycles. The number of carbonyl (C=O) groups is 3. The van der Waals surface area contributed by atoms with Gasteiger partial charge >= 0.3 is 5.97 Å². The molecule has 2 aromatic rings. The standard InChI is InChI=1S/C17H16ClN3O5/c1-25-12-5-2-10(3-6-12)16(23)21-20-15(22)9-26-17(24)13-7-4-11(18)8-14(13)19/h2-8H,9,19H2,1H3,(H,20,22)(H,21,23). The molecule has 0 aliphatic rings. The molecule has 0 unspecified atom stereocenters. The van der Waals surface area contributed by atoms with Crippen LogP contribution < -0.4 is 21.3 Å². The zero-order valence-corrected chi connectivity index (χ0v) is 14.5. The van der Waals surface area contributed by atoms with Crippen LogP contribution in [-0.2, 0) is 9.53 Å². The number of nitrogens with two attached hydrogens (primary N) is 1. The molecule has 0 aliphatic heterocycles. The van der Waals surface area contributed by atoms with Gasteiger partial charge in [-0.1, -0.05) is 11.6 Å². The highest BCUT2D eigenvalue weighted by atomic mass is 35.5. The van der Waals surface area contributed by atoms with Crippen molar-refractivity contribution in [1.82, 2.24) is 10.9 Å². The van der Waals surface area contributed by atoms with Crippen LogP contribution in [0, 0.1) is 0 Å². The van der Waals surface area contributed by atoms with Crippen LogP contribution in [-0.4, -0.2) is 31.5 Å². The summed E-state index contributed by atoms with van der Waals surface area (Å²) >= 11 is 5.74. The quantitative estimate of drug-likeness (QED) is 0.413. The van der Waals surface area contributed by atoms with Gasteiger partial charge in [-0.3, -0.25) is 20.4 Å². The van der Waals surface area contributed by atoms with Crippen LogP contribution in [0.15, 0.2) is 42.5 Å². The normalized spacial score (nSPS) is 9.92. The molecule has 0 atom stereocenters. The minimum Gasteiger partial charge on any atom is -0.497 e. The van der Waals surface area contributed by atoms with Gasteiger partial charge in [-0.15, -0.1) is 0 Å². The van der Waals surface area contributed by atoms with Crippen LogP contribution in [0.2, 0.25) is 5.02 Å². The number of benzene rings is 2. The zero-order valence-electron chi connectivity index (χ0n) is 13.7. The molecule has 8 nitrogen and oxygen atoms in total. The van der Waals surface area contributed by atoms with E-state index in [-0.39, 0.29) is 11.3 Å². The first kappa shape index (κ1) is 19.1. The number of halogens is 1. The van der Waals surface area contributed by atoms with Crippen molar-refractivity contribution in [2.24, 2.45) is 0 Å². The lowest BCUT2D eigenvalue weighted by Crippen LogP contribution is -2.43. The van der Waals surface area contributed by atoms with E-state index in [1.165, 1.54) is 37.4 Å². The Bertz CT molecular complexity index is 824. The number of nitrogens with one attached hydrogen (secondary N) is 2. The second kappa shape index (κ2) is 8.72. The number of anilines is 1. The highest BCUT2D eigenvalue weighted by Crippen LogP contribution is 2.18. The summed E-state index contributed by atoms with van der Waals surface area (Å²) in [5.41, 5.74) is 10.5. The summed E-state index contributed by atoms with van der Waals surface area (Å²) in [7, 11) is 1.51. The van der Waals surface area contributed by atoms with Gasteiger partial charge in [0.1, 0.15) is 5.75 Å². The molecule has 0 bridgehead atoms. The van der Waals surface area contributed by atoms with Gasteiger partial charge in [0.25, 0.3) is 11.8 Å². The Balaban J connectivity index is 1.81. The number of methoxy groups -OCH3 is 1. The smallest absolute Gasteiger partial charge is 0.340 e. The van der Waals surface area contributed by atoms with E-state index in [0.717, 1.165) is 0 Å². The van der Waals surface area contributed by atoms with Gasteiger partial charge in [0.15, 0.2) is 6.61 Å². The Hall–Kier alpha value is -3.26. The molecule has 9 heteroatoms. The van der Waals surface area contributed by atoms with Gasteiger partial charge in [-0.05, 0) is 42.5 Å². The topological polar surface area (TPSA) is 120 Å². The fraction of sp³-hybridized carbons (Fsp3) is 0.118. The number of ether oxygens (including phenoxy) is 2. The van der Waals surface area contributed by atoms with Gasteiger partial charge in [-0.25, -0.2) is 4.79 Å². The van der Waals surface area contributed by atoms with Gasteiger partial charge in [0.2, 0.25) is 0 Å². The summed E-state index contributed by atoms with van der Waals surface area (Å²) in [6, 6.07) is 10.5. The van der Waals surface area contributed by atoms with Crippen molar-refractivity contribution in [3.63, 3.8) is 0 Å². The van der Waals surface area contributed by atoms with Crippen molar-refractivity contribution in [3.8, 4) is 5.75 Å². The summed E-state index contributed by atoms with van der Waals surface area (Å²) in [5.74, 6) is -1.43. The Morgan fingerprint density at radius 3 is 2.38 bits per heavy atom. The van der Waals surface area contributed by atoms with E-state index in [2.05, 4.69) is 10.9 Å². The van der Waals surface area contributed by atoms with Crippen LogP contribution >= 0.6 is 11.6 Å². The lowest BCUT2D eigenvalue weighted by molar-refractivity contribution is -0.125. The van der Waals surface area contributed by atoms with Crippen LogP contribution in [0.4, 0.5) is 5.69 Å². The second-order valence-corrected chi connectivity index (χ2v) is 5.47. The molecule has 136 valence electrons. The highest BCUT2D eigenvalue weighted by molar-refractivity contribution is 6.31. The number of esters is 1. The maximum absolute atomic E-state index is 11.9. The molecule has 4 N–H and O–H groups in total. The first-order valence-electron chi connectivity index (χ1n) is 7.36. The minimum absolute atomic E-state index is 0.0875. The Morgan fingerprint density at radius 1 is 1.08 bits per heavy atom. The summed E-state index contributed by atoms with van der Waals surface area (Å²) in [6.45, 7) is -0.593. The molecule has 0 radical (unpaired) electrons. The van der Waals surface area contributed by atoms with Crippen molar-refractivity contribution in [2.75, 3.05) is 19.5 Å². The highest BCUT2D eigenvalue weighted by Gasteiger charge is 2.14. The molecular formula is C17H16ClN3O5. The minimum atomic E-state index is -0.782. The number of hydrogen-bond donors (Lipinski definition) is 3. The van der Waals surface area contributed by atoms with Gasteiger partial charge in [0.05, 0.1) is 12.7 Å². The lowest BCUT2D eigenvalue weighted by atomic mass is 10.2.